The van der Waals surface area contributed by atoms with E-state index in [2.05, 4.69) is 41.9 Å². The number of nitrogens with one attached hydrogen (secondary N) is 1. The highest BCUT2D eigenvalue weighted by Crippen LogP contribution is 2.03. The second-order valence-corrected chi connectivity index (χ2v) is 3.68. The van der Waals surface area contributed by atoms with E-state index in [1.54, 1.807) is 0 Å². The average molecular weight is 181 g/mol. The van der Waals surface area contributed by atoms with E-state index >= 15 is 0 Å². The number of hydrogen-bond donors (Lipinski definition) is 1. The summed E-state index contributed by atoms with van der Waals surface area (Å²) in [5.41, 5.74) is 1.27. The van der Waals surface area contributed by atoms with E-state index in [-0.39, 0.29) is 0 Å². The van der Waals surface area contributed by atoms with Gasteiger partial charge in [-0.25, -0.2) is 0 Å². The molecule has 0 atom stereocenters. The van der Waals surface area contributed by atoms with Crippen LogP contribution in [0.15, 0.2) is 12.3 Å². The highest BCUT2D eigenvalue weighted by Gasteiger charge is 2.02. The molecule has 3 nitrogen and oxygen atoms in total. The van der Waals surface area contributed by atoms with Gasteiger partial charge in [0.15, 0.2) is 0 Å². The predicted octanol–water partition coefficient (Wildman–Crippen LogP) is 1.65. The van der Waals surface area contributed by atoms with Crippen molar-refractivity contribution in [2.75, 3.05) is 6.54 Å². The van der Waals surface area contributed by atoms with Gasteiger partial charge in [0, 0.05) is 19.3 Å². The molecule has 0 fully saturated rings. The van der Waals surface area contributed by atoms with Gasteiger partial charge >= 0.3 is 0 Å². The van der Waals surface area contributed by atoms with E-state index in [1.807, 2.05) is 6.20 Å². The summed E-state index contributed by atoms with van der Waals surface area (Å²) >= 11 is 0. The normalized spacial score (nSPS) is 11.1. The van der Waals surface area contributed by atoms with Crippen molar-refractivity contribution in [3.63, 3.8) is 0 Å². The maximum Gasteiger partial charge on any atom is 0.0522 e. The first kappa shape index (κ1) is 10.3. The van der Waals surface area contributed by atoms with Crippen LogP contribution in [0.4, 0.5) is 0 Å². The summed E-state index contributed by atoms with van der Waals surface area (Å²) in [6, 6.07) is 2.07. The molecule has 1 rings (SSSR count). The minimum atomic E-state index is 0.653. The van der Waals surface area contributed by atoms with E-state index in [1.165, 1.54) is 5.69 Å². The number of nitrogens with zero attached hydrogens (tertiary/aromatic N) is 2. The first-order valence-electron chi connectivity index (χ1n) is 4.95. The van der Waals surface area contributed by atoms with Gasteiger partial charge in [0.1, 0.15) is 0 Å². The quantitative estimate of drug-likeness (QED) is 0.748. The smallest absolute Gasteiger partial charge is 0.0522 e. The molecule has 0 aliphatic heterocycles. The van der Waals surface area contributed by atoms with Crippen LogP contribution in [0.1, 0.15) is 26.5 Å². The van der Waals surface area contributed by atoms with Crippen LogP contribution in [-0.4, -0.2) is 16.3 Å². The average Bonchev–Trinajstić information content (AvgIpc) is 2.48. The van der Waals surface area contributed by atoms with Crippen LogP contribution in [0.3, 0.4) is 0 Å². The van der Waals surface area contributed by atoms with Gasteiger partial charge in [0.2, 0.25) is 0 Å². The topological polar surface area (TPSA) is 29.9 Å². The standard InChI is InChI=1S/C10H19N3/c1-4-11-7-10-5-6-12-13(10)8-9(2)3/h5-6,9,11H,4,7-8H2,1-3H3. The molecular weight excluding hydrogens is 162 g/mol. The van der Waals surface area contributed by atoms with E-state index < -0.39 is 0 Å². The lowest BCUT2D eigenvalue weighted by Gasteiger charge is -2.09. The summed E-state index contributed by atoms with van der Waals surface area (Å²) < 4.78 is 2.08. The van der Waals surface area contributed by atoms with Gasteiger partial charge in [-0.05, 0) is 18.5 Å². The van der Waals surface area contributed by atoms with Crippen LogP contribution in [0, 0.1) is 5.92 Å². The zero-order valence-electron chi connectivity index (χ0n) is 8.75. The minimum Gasteiger partial charge on any atom is -0.311 e. The summed E-state index contributed by atoms with van der Waals surface area (Å²) in [5, 5.41) is 7.59. The maximum absolute atomic E-state index is 4.29. The molecular formula is C10H19N3. The zero-order valence-corrected chi connectivity index (χ0v) is 8.75. The molecule has 74 valence electrons. The molecule has 0 saturated heterocycles. The van der Waals surface area contributed by atoms with E-state index in [9.17, 15) is 0 Å². The summed E-state index contributed by atoms with van der Waals surface area (Å²) in [6.45, 7) is 9.46. The van der Waals surface area contributed by atoms with Crippen molar-refractivity contribution in [3.8, 4) is 0 Å². The first-order valence-corrected chi connectivity index (χ1v) is 4.95. The van der Waals surface area contributed by atoms with Crippen molar-refractivity contribution in [1.82, 2.24) is 15.1 Å². The molecule has 0 aliphatic carbocycles. The second kappa shape index (κ2) is 5.02. The predicted molar refractivity (Wildman–Crippen MR) is 54.4 cm³/mol. The van der Waals surface area contributed by atoms with E-state index in [0.29, 0.717) is 5.92 Å². The first-order chi connectivity index (χ1) is 6.24. The van der Waals surface area contributed by atoms with Gasteiger partial charge < -0.3 is 5.32 Å². The number of hydrogen-bond acceptors (Lipinski definition) is 2. The Morgan fingerprint density at radius 2 is 2.31 bits per heavy atom. The molecule has 0 spiro atoms. The Hall–Kier alpha value is -0.830. The van der Waals surface area contributed by atoms with Gasteiger partial charge in [-0.3, -0.25) is 4.68 Å². The lowest BCUT2D eigenvalue weighted by Crippen LogP contribution is -2.17. The Bertz CT molecular complexity index is 240. The molecule has 1 N–H and O–H groups in total. The van der Waals surface area contributed by atoms with Gasteiger partial charge in [0.05, 0.1) is 5.69 Å². The molecule has 0 unspecified atom stereocenters. The summed E-state index contributed by atoms with van der Waals surface area (Å²) in [5.74, 6) is 0.653. The fourth-order valence-corrected chi connectivity index (χ4v) is 1.27. The van der Waals surface area contributed by atoms with Crippen molar-refractivity contribution in [1.29, 1.82) is 0 Å². The molecule has 0 bridgehead atoms. The Kier molecular flexibility index (Phi) is 3.96. The zero-order chi connectivity index (χ0) is 9.68. The molecule has 0 radical (unpaired) electrons. The van der Waals surface area contributed by atoms with Crippen LogP contribution in [-0.2, 0) is 13.1 Å². The molecule has 0 amide bonds. The van der Waals surface area contributed by atoms with E-state index in [4.69, 9.17) is 0 Å². The molecule has 0 saturated carbocycles. The van der Waals surface area contributed by atoms with Gasteiger partial charge in [-0.1, -0.05) is 20.8 Å². The van der Waals surface area contributed by atoms with E-state index in [0.717, 1.165) is 19.6 Å². The third kappa shape index (κ3) is 3.19. The Balaban J connectivity index is 2.55. The van der Waals surface area contributed by atoms with Gasteiger partial charge in [-0.15, -0.1) is 0 Å². The molecule has 13 heavy (non-hydrogen) atoms. The maximum atomic E-state index is 4.29. The van der Waals surface area contributed by atoms with Crippen LogP contribution >= 0.6 is 0 Å². The Morgan fingerprint density at radius 3 is 2.92 bits per heavy atom. The van der Waals surface area contributed by atoms with Crippen molar-refractivity contribution < 1.29 is 0 Å². The van der Waals surface area contributed by atoms with Crippen LogP contribution in [0.25, 0.3) is 0 Å². The van der Waals surface area contributed by atoms with Crippen LogP contribution in [0.2, 0.25) is 0 Å². The Morgan fingerprint density at radius 1 is 1.54 bits per heavy atom. The molecule has 1 aromatic rings. The van der Waals surface area contributed by atoms with Crippen LogP contribution in [0.5, 0.6) is 0 Å². The fourth-order valence-electron chi connectivity index (χ4n) is 1.27. The largest absolute Gasteiger partial charge is 0.311 e. The molecule has 1 aromatic heterocycles. The molecule has 1 heterocycles. The molecule has 0 aliphatic rings. The summed E-state index contributed by atoms with van der Waals surface area (Å²) in [4.78, 5) is 0. The van der Waals surface area contributed by atoms with Gasteiger partial charge in [0.25, 0.3) is 0 Å². The highest BCUT2D eigenvalue weighted by atomic mass is 15.3. The lowest BCUT2D eigenvalue weighted by molar-refractivity contribution is 0.462. The summed E-state index contributed by atoms with van der Waals surface area (Å²) in [6.07, 6.45) is 1.87. The highest BCUT2D eigenvalue weighted by molar-refractivity contribution is 4.99. The monoisotopic (exact) mass is 181 g/mol. The Labute approximate surface area is 80.1 Å². The van der Waals surface area contributed by atoms with Crippen LogP contribution < -0.4 is 5.32 Å². The third-order valence-corrected chi connectivity index (χ3v) is 1.90. The summed E-state index contributed by atoms with van der Waals surface area (Å²) in [7, 11) is 0. The molecule has 0 aromatic carbocycles. The van der Waals surface area contributed by atoms with Crippen molar-refractivity contribution >= 4 is 0 Å². The molecule has 3 heteroatoms. The lowest BCUT2D eigenvalue weighted by atomic mass is 10.2. The van der Waals surface area contributed by atoms with Crippen molar-refractivity contribution in [3.05, 3.63) is 18.0 Å². The number of aromatic nitrogens is 2. The second-order valence-electron chi connectivity index (χ2n) is 3.68. The number of rotatable bonds is 5. The fraction of sp³-hybridized carbons (Fsp3) is 0.700. The van der Waals surface area contributed by atoms with Crippen molar-refractivity contribution in [2.45, 2.75) is 33.9 Å². The minimum absolute atomic E-state index is 0.653. The van der Waals surface area contributed by atoms with Gasteiger partial charge in [-0.2, -0.15) is 5.10 Å². The van der Waals surface area contributed by atoms with Crippen molar-refractivity contribution in [2.24, 2.45) is 5.92 Å². The third-order valence-electron chi connectivity index (χ3n) is 1.90. The SMILES string of the molecule is CCNCc1ccnn1CC(C)C.